The van der Waals surface area contributed by atoms with Gasteiger partial charge in [0, 0.05) is 29.9 Å². The van der Waals surface area contributed by atoms with Gasteiger partial charge in [0.2, 0.25) is 6.54 Å². The second-order valence-electron chi connectivity index (χ2n) is 11.8. The number of fused-ring (bicyclic) bond motifs is 1. The van der Waals surface area contributed by atoms with Crippen LogP contribution >= 0.6 is 0 Å². The summed E-state index contributed by atoms with van der Waals surface area (Å²) < 4.78 is 13.4. The molecular formula is C30H40N8O5. The van der Waals surface area contributed by atoms with Crippen molar-refractivity contribution >= 4 is 29.1 Å². The van der Waals surface area contributed by atoms with E-state index in [2.05, 4.69) is 30.5 Å². The molecule has 3 aromatic rings. The van der Waals surface area contributed by atoms with Gasteiger partial charge in [0.25, 0.3) is 0 Å². The van der Waals surface area contributed by atoms with Crippen LogP contribution in [0.5, 0.6) is 0 Å². The first-order valence-corrected chi connectivity index (χ1v) is 14.7. The summed E-state index contributed by atoms with van der Waals surface area (Å²) in [6.07, 6.45) is 12.1. The monoisotopic (exact) mass is 592 g/mol. The molecule has 0 saturated heterocycles. The zero-order valence-corrected chi connectivity index (χ0v) is 25.2. The molecule has 2 atom stereocenters. The lowest BCUT2D eigenvalue weighted by Gasteiger charge is -2.20. The van der Waals surface area contributed by atoms with Crippen LogP contribution in [-0.4, -0.2) is 74.3 Å². The molecule has 2 N–H and O–H groups in total. The van der Waals surface area contributed by atoms with Crippen molar-refractivity contribution in [3.63, 3.8) is 0 Å². The number of esters is 1. The van der Waals surface area contributed by atoms with Crippen molar-refractivity contribution in [1.29, 1.82) is 0 Å². The summed E-state index contributed by atoms with van der Waals surface area (Å²) in [6.45, 7) is 13.5. The Morgan fingerprint density at radius 1 is 1.19 bits per heavy atom. The van der Waals surface area contributed by atoms with Crippen LogP contribution in [0.3, 0.4) is 0 Å². The van der Waals surface area contributed by atoms with Crippen molar-refractivity contribution in [2.24, 2.45) is 5.92 Å². The average molecular weight is 593 g/mol. The number of amides is 2. The summed E-state index contributed by atoms with van der Waals surface area (Å²) in [5.74, 6) is -0.134. The number of alkyl carbamates (subject to hydrolysis) is 1. The van der Waals surface area contributed by atoms with Gasteiger partial charge in [-0.3, -0.25) is 9.25 Å². The van der Waals surface area contributed by atoms with Gasteiger partial charge in [-0.25, -0.2) is 30.9 Å². The van der Waals surface area contributed by atoms with E-state index < -0.39 is 29.7 Å². The van der Waals surface area contributed by atoms with Crippen LogP contribution in [-0.2, 0) is 14.3 Å². The van der Waals surface area contributed by atoms with Gasteiger partial charge in [0.05, 0.1) is 19.0 Å². The molecule has 13 nitrogen and oxygen atoms in total. The van der Waals surface area contributed by atoms with Crippen LogP contribution in [0.25, 0.3) is 27.1 Å². The minimum Gasteiger partial charge on any atom is -0.467 e. The van der Waals surface area contributed by atoms with E-state index in [9.17, 15) is 14.4 Å². The first kappa shape index (κ1) is 31.5. The summed E-state index contributed by atoms with van der Waals surface area (Å²) in [7, 11) is 1.27. The van der Waals surface area contributed by atoms with Crippen molar-refractivity contribution in [2.75, 3.05) is 20.2 Å². The van der Waals surface area contributed by atoms with Crippen LogP contribution in [0.2, 0.25) is 0 Å². The number of aromatic nitrogens is 5. The molecule has 1 fully saturated rings. The Hall–Kier alpha value is -4.47. The van der Waals surface area contributed by atoms with Gasteiger partial charge >= 0.3 is 18.1 Å². The minimum absolute atomic E-state index is 0.0183. The number of unbranched alkanes of at least 4 members (excludes halogenated alkanes) is 1. The maximum atomic E-state index is 13.3. The number of hydrogen-bond acceptors (Lipinski definition) is 8. The van der Waals surface area contributed by atoms with Gasteiger partial charge in [0.1, 0.15) is 24.0 Å². The molecule has 0 radical (unpaired) electrons. The highest BCUT2D eigenvalue weighted by Gasteiger charge is 2.30. The Labute approximate surface area is 251 Å². The summed E-state index contributed by atoms with van der Waals surface area (Å²) in [6, 6.07) is 0.358. The standard InChI is InChI=1S/C30H40N8O5/c1-30(2,3)43-29(41)32-14-9-8-12-23(27(39)42-5)36-28(40)37-15-13-22-25(33-19-34-26(22)37)21-16-35-38(18-21)24(17-31-4)20-10-6-7-11-20/h13,15-16,18-20,23-24H,6-12,14,17H2,1-3,5H3,(H,32,41)(H,36,40)/t23-,24+/m0/s1. The van der Waals surface area contributed by atoms with E-state index in [-0.39, 0.29) is 6.04 Å². The van der Waals surface area contributed by atoms with Crippen molar-refractivity contribution in [3.8, 4) is 11.3 Å². The molecule has 0 spiro atoms. The van der Waals surface area contributed by atoms with Crippen molar-refractivity contribution in [2.45, 2.75) is 83.4 Å². The van der Waals surface area contributed by atoms with Crippen LogP contribution in [0, 0.1) is 12.5 Å². The Morgan fingerprint density at radius 2 is 1.95 bits per heavy atom. The first-order valence-electron chi connectivity index (χ1n) is 14.7. The summed E-state index contributed by atoms with van der Waals surface area (Å²) >= 11 is 0. The van der Waals surface area contributed by atoms with Crippen LogP contribution in [0.1, 0.15) is 71.8 Å². The molecule has 1 saturated carbocycles. The van der Waals surface area contributed by atoms with E-state index in [0.29, 0.717) is 55.0 Å². The van der Waals surface area contributed by atoms with Crippen molar-refractivity contribution in [1.82, 2.24) is 34.9 Å². The van der Waals surface area contributed by atoms with E-state index >= 15 is 0 Å². The maximum Gasteiger partial charge on any atom is 0.407 e. The number of ether oxygens (including phenoxy) is 2. The van der Waals surface area contributed by atoms with E-state index in [1.807, 2.05) is 10.9 Å². The molecule has 3 heterocycles. The number of nitrogens with zero attached hydrogens (tertiary/aromatic N) is 6. The third kappa shape index (κ3) is 8.09. The van der Waals surface area contributed by atoms with Gasteiger partial charge in [-0.1, -0.05) is 12.8 Å². The summed E-state index contributed by atoms with van der Waals surface area (Å²) in [5, 5.41) is 10.7. The first-order chi connectivity index (χ1) is 20.6. The molecule has 0 aromatic carbocycles. The number of carbonyl (C=O) groups excluding carboxylic acids is 3. The zero-order chi connectivity index (χ0) is 31.0. The van der Waals surface area contributed by atoms with Gasteiger partial charge < -0.3 is 25.0 Å². The molecule has 4 rings (SSSR count). The van der Waals surface area contributed by atoms with Gasteiger partial charge in [-0.2, -0.15) is 5.10 Å². The molecule has 13 heteroatoms. The number of rotatable bonds is 11. The van der Waals surface area contributed by atoms with E-state index in [1.54, 1.807) is 39.2 Å². The molecule has 1 aliphatic carbocycles. The third-order valence-corrected chi connectivity index (χ3v) is 7.51. The van der Waals surface area contributed by atoms with Gasteiger partial charge in [-0.05, 0) is 64.9 Å². The fraction of sp³-hybridized carbons (Fsp3) is 0.567. The normalized spacial score (nSPS) is 15.0. The molecule has 230 valence electrons. The van der Waals surface area contributed by atoms with Crippen molar-refractivity contribution < 1.29 is 23.9 Å². The second-order valence-corrected chi connectivity index (χ2v) is 11.8. The number of carbonyl (C=O) groups is 3. The fourth-order valence-corrected chi connectivity index (χ4v) is 5.46. The van der Waals surface area contributed by atoms with E-state index in [0.717, 1.165) is 18.4 Å². The maximum absolute atomic E-state index is 13.3. The molecule has 1 aliphatic rings. The molecular weight excluding hydrogens is 552 g/mol. The number of methoxy groups -OCH3 is 1. The van der Waals surface area contributed by atoms with Crippen LogP contribution < -0.4 is 10.6 Å². The fourth-order valence-electron chi connectivity index (χ4n) is 5.46. The molecule has 2 amide bonds. The quantitative estimate of drug-likeness (QED) is 0.184. The summed E-state index contributed by atoms with van der Waals surface area (Å²) in [4.78, 5) is 50.0. The lowest BCUT2D eigenvalue weighted by molar-refractivity contribution is -0.143. The Kier molecular flexibility index (Phi) is 10.3. The molecule has 0 unspecified atom stereocenters. The lowest BCUT2D eigenvalue weighted by atomic mass is 9.98. The lowest BCUT2D eigenvalue weighted by Crippen LogP contribution is -2.43. The average Bonchev–Trinajstić information content (AvgIpc) is 3.75. The Morgan fingerprint density at radius 3 is 2.65 bits per heavy atom. The summed E-state index contributed by atoms with van der Waals surface area (Å²) in [5.41, 5.74) is 1.19. The number of hydrogen-bond donors (Lipinski definition) is 2. The van der Waals surface area contributed by atoms with E-state index in [1.165, 1.54) is 30.8 Å². The minimum atomic E-state index is -0.883. The van der Waals surface area contributed by atoms with Gasteiger partial charge in [0.15, 0.2) is 5.65 Å². The zero-order valence-electron chi connectivity index (χ0n) is 25.2. The highest BCUT2D eigenvalue weighted by molar-refractivity contribution is 5.97. The SMILES string of the molecule is [C-]#[N+]C[C@H](C1CCCC1)n1cc(-c2ncnc3c2ccn3C(=O)N[C@@H](CCCCNC(=O)OC(C)(C)C)C(=O)OC)cn1. The Balaban J connectivity index is 1.43. The van der Waals surface area contributed by atoms with Crippen LogP contribution in [0.4, 0.5) is 9.59 Å². The predicted octanol–water partition coefficient (Wildman–Crippen LogP) is 4.74. The molecule has 0 bridgehead atoms. The smallest absolute Gasteiger partial charge is 0.407 e. The topological polar surface area (TPSA) is 147 Å². The van der Waals surface area contributed by atoms with E-state index in [4.69, 9.17) is 16.0 Å². The molecule has 3 aromatic heterocycles. The highest BCUT2D eigenvalue weighted by Crippen LogP contribution is 2.35. The largest absolute Gasteiger partial charge is 0.467 e. The van der Waals surface area contributed by atoms with Crippen molar-refractivity contribution in [3.05, 3.63) is 42.4 Å². The third-order valence-electron chi connectivity index (χ3n) is 7.51. The Bertz CT molecular complexity index is 1460. The molecule has 0 aliphatic heterocycles. The van der Waals surface area contributed by atoms with Gasteiger partial charge in [-0.15, -0.1) is 0 Å². The predicted molar refractivity (Wildman–Crippen MR) is 159 cm³/mol. The van der Waals surface area contributed by atoms with Crippen LogP contribution in [0.15, 0.2) is 31.0 Å². The second kappa shape index (κ2) is 14.1. The number of nitrogens with one attached hydrogen (secondary N) is 2. The highest BCUT2D eigenvalue weighted by atomic mass is 16.6. The molecule has 43 heavy (non-hydrogen) atoms.